The van der Waals surface area contributed by atoms with Crippen LogP contribution in [0.4, 0.5) is 0 Å². The van der Waals surface area contributed by atoms with Crippen molar-refractivity contribution in [2.75, 3.05) is 6.61 Å². The summed E-state index contributed by atoms with van der Waals surface area (Å²) in [6.07, 6.45) is 17.0. The van der Waals surface area contributed by atoms with Crippen LogP contribution in [-0.4, -0.2) is 11.6 Å². The molecule has 1 aromatic heterocycles. The standard InChI is InChI=1S/C30H42N2O/c1-3-5-7-9-11-24-12-14-25(15-13-24)26-16-18-27(19-17-26)28-20-21-30(29(23-31)32-28)33-22-10-8-6-4-2/h16-21,24-25H,3-15,22H2,1-2H3. The first-order chi connectivity index (χ1) is 16.2. The molecule has 33 heavy (non-hydrogen) atoms. The highest BCUT2D eigenvalue weighted by atomic mass is 16.5. The van der Waals surface area contributed by atoms with Gasteiger partial charge in [-0.2, -0.15) is 5.26 Å². The first kappa shape index (κ1) is 25.3. The molecule has 1 aromatic carbocycles. The molecule has 0 aliphatic heterocycles. The van der Waals surface area contributed by atoms with Crippen molar-refractivity contribution in [1.82, 2.24) is 4.98 Å². The number of nitrogens with zero attached hydrogens (tertiary/aromatic N) is 2. The molecule has 1 aliphatic carbocycles. The highest BCUT2D eigenvalue weighted by Gasteiger charge is 2.22. The van der Waals surface area contributed by atoms with E-state index in [0.717, 1.165) is 30.0 Å². The molecular weight excluding hydrogens is 404 g/mol. The minimum atomic E-state index is 0.379. The van der Waals surface area contributed by atoms with E-state index in [0.29, 0.717) is 24.0 Å². The zero-order chi connectivity index (χ0) is 23.3. The fourth-order valence-electron chi connectivity index (χ4n) is 5.08. The van der Waals surface area contributed by atoms with Crippen LogP contribution in [0.5, 0.6) is 5.75 Å². The lowest BCUT2D eigenvalue weighted by molar-refractivity contribution is 0.302. The molecule has 2 aromatic rings. The topological polar surface area (TPSA) is 45.9 Å². The van der Waals surface area contributed by atoms with Gasteiger partial charge in [0.25, 0.3) is 0 Å². The Morgan fingerprint density at radius 1 is 0.848 bits per heavy atom. The lowest BCUT2D eigenvalue weighted by Crippen LogP contribution is -2.13. The van der Waals surface area contributed by atoms with E-state index in [9.17, 15) is 5.26 Å². The Balaban J connectivity index is 1.53. The number of hydrogen-bond acceptors (Lipinski definition) is 3. The van der Waals surface area contributed by atoms with Gasteiger partial charge >= 0.3 is 0 Å². The van der Waals surface area contributed by atoms with E-state index in [-0.39, 0.29) is 0 Å². The lowest BCUT2D eigenvalue weighted by Gasteiger charge is -2.29. The third-order valence-electron chi connectivity index (χ3n) is 7.21. The van der Waals surface area contributed by atoms with Crippen LogP contribution in [0.1, 0.15) is 114 Å². The molecule has 0 atom stereocenters. The van der Waals surface area contributed by atoms with E-state index in [1.54, 1.807) is 0 Å². The van der Waals surface area contributed by atoms with Gasteiger partial charge in [-0.15, -0.1) is 0 Å². The number of nitriles is 1. The van der Waals surface area contributed by atoms with Gasteiger partial charge in [-0.3, -0.25) is 0 Å². The van der Waals surface area contributed by atoms with Gasteiger partial charge in [0.1, 0.15) is 6.07 Å². The Hall–Kier alpha value is -2.34. The monoisotopic (exact) mass is 446 g/mol. The second kappa shape index (κ2) is 14.0. The first-order valence-corrected chi connectivity index (χ1v) is 13.4. The number of ether oxygens (including phenoxy) is 1. The SMILES string of the molecule is CCCCCCOc1ccc(-c2ccc(C3CCC(CCCCCC)CC3)cc2)nc1C#N. The molecule has 1 saturated carbocycles. The Bertz CT molecular complexity index is 860. The average molecular weight is 447 g/mol. The van der Waals surface area contributed by atoms with Crippen molar-refractivity contribution < 1.29 is 4.74 Å². The second-order valence-electron chi connectivity index (χ2n) is 9.75. The Morgan fingerprint density at radius 2 is 1.55 bits per heavy atom. The molecular formula is C30H42N2O. The van der Waals surface area contributed by atoms with E-state index in [1.165, 1.54) is 76.2 Å². The van der Waals surface area contributed by atoms with Crippen LogP contribution in [-0.2, 0) is 0 Å². The molecule has 0 spiro atoms. The molecule has 3 rings (SSSR count). The summed E-state index contributed by atoms with van der Waals surface area (Å²) in [4.78, 5) is 4.58. The summed E-state index contributed by atoms with van der Waals surface area (Å²) in [5.41, 5.74) is 3.74. The van der Waals surface area contributed by atoms with Gasteiger partial charge < -0.3 is 4.74 Å². The van der Waals surface area contributed by atoms with Crippen molar-refractivity contribution in [3.05, 3.63) is 47.7 Å². The van der Waals surface area contributed by atoms with Crippen LogP contribution in [0.3, 0.4) is 0 Å². The minimum absolute atomic E-state index is 0.379. The summed E-state index contributed by atoms with van der Waals surface area (Å²) >= 11 is 0. The number of hydrogen-bond donors (Lipinski definition) is 0. The van der Waals surface area contributed by atoms with Crippen molar-refractivity contribution in [1.29, 1.82) is 5.26 Å². The van der Waals surface area contributed by atoms with Gasteiger partial charge in [0.15, 0.2) is 11.4 Å². The van der Waals surface area contributed by atoms with Crippen LogP contribution in [0.25, 0.3) is 11.3 Å². The molecule has 3 nitrogen and oxygen atoms in total. The normalized spacial score (nSPS) is 18.1. The van der Waals surface area contributed by atoms with Gasteiger partial charge in [0.2, 0.25) is 0 Å². The zero-order valence-electron chi connectivity index (χ0n) is 20.8. The Morgan fingerprint density at radius 3 is 2.21 bits per heavy atom. The molecule has 0 unspecified atom stereocenters. The van der Waals surface area contributed by atoms with Crippen molar-refractivity contribution in [2.24, 2.45) is 5.92 Å². The predicted octanol–water partition coefficient (Wildman–Crippen LogP) is 8.82. The average Bonchev–Trinajstić information content (AvgIpc) is 2.87. The van der Waals surface area contributed by atoms with E-state index in [2.05, 4.69) is 49.2 Å². The largest absolute Gasteiger partial charge is 0.491 e. The predicted molar refractivity (Wildman–Crippen MR) is 137 cm³/mol. The molecule has 1 heterocycles. The highest BCUT2D eigenvalue weighted by molar-refractivity contribution is 5.61. The number of rotatable bonds is 13. The van der Waals surface area contributed by atoms with Crippen LogP contribution in [0.2, 0.25) is 0 Å². The van der Waals surface area contributed by atoms with Crippen LogP contribution < -0.4 is 4.74 Å². The summed E-state index contributed by atoms with van der Waals surface area (Å²) in [6.45, 7) is 5.13. The molecule has 0 radical (unpaired) electrons. The maximum atomic E-state index is 9.55. The van der Waals surface area contributed by atoms with E-state index >= 15 is 0 Å². The zero-order valence-corrected chi connectivity index (χ0v) is 20.8. The van der Waals surface area contributed by atoms with E-state index < -0.39 is 0 Å². The molecule has 3 heteroatoms. The highest BCUT2D eigenvalue weighted by Crippen LogP contribution is 2.38. The van der Waals surface area contributed by atoms with Crippen molar-refractivity contribution in [2.45, 2.75) is 103 Å². The van der Waals surface area contributed by atoms with Gasteiger partial charge in [-0.05, 0) is 61.6 Å². The van der Waals surface area contributed by atoms with Crippen LogP contribution in [0, 0.1) is 17.2 Å². The summed E-state index contributed by atoms with van der Waals surface area (Å²) < 4.78 is 5.82. The maximum absolute atomic E-state index is 9.55. The number of pyridine rings is 1. The van der Waals surface area contributed by atoms with Gasteiger partial charge in [-0.1, -0.05) is 89.5 Å². The molecule has 0 N–H and O–H groups in total. The number of aromatic nitrogens is 1. The summed E-state index contributed by atoms with van der Waals surface area (Å²) in [5.74, 6) is 2.23. The number of benzene rings is 1. The van der Waals surface area contributed by atoms with Gasteiger partial charge in [-0.25, -0.2) is 4.98 Å². The fraction of sp³-hybridized carbons (Fsp3) is 0.600. The van der Waals surface area contributed by atoms with Crippen molar-refractivity contribution >= 4 is 0 Å². The quantitative estimate of drug-likeness (QED) is 0.289. The van der Waals surface area contributed by atoms with Crippen molar-refractivity contribution in [3.8, 4) is 23.1 Å². The lowest BCUT2D eigenvalue weighted by atomic mass is 9.77. The fourth-order valence-corrected chi connectivity index (χ4v) is 5.08. The number of unbranched alkanes of at least 4 members (excludes halogenated alkanes) is 6. The third-order valence-corrected chi connectivity index (χ3v) is 7.21. The molecule has 1 fully saturated rings. The van der Waals surface area contributed by atoms with E-state index in [4.69, 9.17) is 4.74 Å². The maximum Gasteiger partial charge on any atom is 0.183 e. The van der Waals surface area contributed by atoms with Crippen molar-refractivity contribution in [3.63, 3.8) is 0 Å². The Labute approximate surface area is 201 Å². The molecule has 0 amide bonds. The molecule has 178 valence electrons. The smallest absolute Gasteiger partial charge is 0.183 e. The summed E-state index contributed by atoms with van der Waals surface area (Å²) in [7, 11) is 0. The summed E-state index contributed by atoms with van der Waals surface area (Å²) in [6, 6.07) is 15.0. The summed E-state index contributed by atoms with van der Waals surface area (Å²) in [5, 5.41) is 9.55. The van der Waals surface area contributed by atoms with Crippen LogP contribution in [0.15, 0.2) is 36.4 Å². The van der Waals surface area contributed by atoms with Crippen LogP contribution >= 0.6 is 0 Å². The van der Waals surface area contributed by atoms with E-state index in [1.807, 2.05) is 12.1 Å². The first-order valence-electron chi connectivity index (χ1n) is 13.4. The van der Waals surface area contributed by atoms with Gasteiger partial charge in [0.05, 0.1) is 12.3 Å². The second-order valence-corrected chi connectivity index (χ2v) is 9.75. The Kier molecular flexibility index (Phi) is 10.8. The molecule has 1 aliphatic rings. The molecule has 0 saturated heterocycles. The molecule has 0 bridgehead atoms. The minimum Gasteiger partial charge on any atom is -0.491 e. The third kappa shape index (κ3) is 7.88. The van der Waals surface area contributed by atoms with Gasteiger partial charge in [0, 0.05) is 5.56 Å².